The third-order valence-electron chi connectivity index (χ3n) is 4.11. The average molecular weight is 342 g/mol. The Bertz CT molecular complexity index is 896. The summed E-state index contributed by atoms with van der Waals surface area (Å²) in [6.45, 7) is 5.74. The predicted molar refractivity (Wildman–Crippen MR) is 102 cm³/mol. The lowest BCUT2D eigenvalue weighted by Crippen LogP contribution is -2.26. The molecular weight excluding hydrogens is 320 g/mol. The van der Waals surface area contributed by atoms with Crippen molar-refractivity contribution in [2.24, 2.45) is 5.73 Å². The second-order valence-electron chi connectivity index (χ2n) is 5.58. The number of aryl methyl sites for hydroxylation is 1. The molecular formula is C18H22N4OS. The van der Waals surface area contributed by atoms with Crippen LogP contribution in [0.5, 0.6) is 0 Å². The average Bonchev–Trinajstić information content (AvgIpc) is 3.04. The van der Waals surface area contributed by atoms with Crippen LogP contribution in [0.3, 0.4) is 0 Å². The Kier molecular flexibility index (Phi) is 4.97. The molecule has 0 atom stereocenters. The zero-order valence-electron chi connectivity index (χ0n) is 14.0. The molecule has 24 heavy (non-hydrogen) atoms. The van der Waals surface area contributed by atoms with Gasteiger partial charge in [-0.05, 0) is 24.5 Å². The van der Waals surface area contributed by atoms with Crippen LogP contribution < -0.4 is 16.6 Å². The van der Waals surface area contributed by atoms with Crippen molar-refractivity contribution in [2.45, 2.75) is 26.8 Å². The van der Waals surface area contributed by atoms with Gasteiger partial charge >= 0.3 is 0 Å². The molecule has 5 nitrogen and oxygen atoms in total. The summed E-state index contributed by atoms with van der Waals surface area (Å²) in [5.74, 6) is 0.593. The van der Waals surface area contributed by atoms with Gasteiger partial charge in [-0.3, -0.25) is 9.36 Å². The summed E-state index contributed by atoms with van der Waals surface area (Å²) in [5.41, 5.74) is 8.85. The number of nitrogens with zero attached hydrogens (tertiary/aromatic N) is 2. The number of hydrogen-bond donors (Lipinski definition) is 2. The van der Waals surface area contributed by atoms with Crippen LogP contribution >= 0.6 is 11.3 Å². The highest BCUT2D eigenvalue weighted by Crippen LogP contribution is 2.31. The summed E-state index contributed by atoms with van der Waals surface area (Å²) in [7, 11) is 0. The summed E-state index contributed by atoms with van der Waals surface area (Å²) in [5, 5.41) is 5.86. The maximum Gasteiger partial charge on any atom is 0.264 e. The lowest BCUT2D eigenvalue weighted by atomic mass is 10.0. The van der Waals surface area contributed by atoms with Crippen molar-refractivity contribution >= 4 is 27.5 Å². The third kappa shape index (κ3) is 2.95. The predicted octanol–water partition coefficient (Wildman–Crippen LogP) is 3.08. The molecule has 126 valence electrons. The number of thiophene rings is 1. The maximum absolute atomic E-state index is 13.0. The Hall–Kier alpha value is -2.18. The minimum Gasteiger partial charge on any atom is -0.354 e. The number of nitrogens with two attached hydrogens (primary N) is 1. The fourth-order valence-electron chi connectivity index (χ4n) is 2.77. The highest BCUT2D eigenvalue weighted by atomic mass is 32.1. The Morgan fingerprint density at radius 2 is 2.00 bits per heavy atom. The molecule has 0 unspecified atom stereocenters. The number of aromatic nitrogens is 2. The molecule has 3 rings (SSSR count). The van der Waals surface area contributed by atoms with E-state index in [1.54, 1.807) is 4.57 Å². The number of nitrogens with one attached hydrogen (secondary N) is 1. The second-order valence-corrected chi connectivity index (χ2v) is 6.44. The van der Waals surface area contributed by atoms with Crippen molar-refractivity contribution in [3.63, 3.8) is 0 Å². The summed E-state index contributed by atoms with van der Waals surface area (Å²) >= 11 is 1.50. The largest absolute Gasteiger partial charge is 0.354 e. The van der Waals surface area contributed by atoms with E-state index in [4.69, 9.17) is 5.73 Å². The Morgan fingerprint density at radius 3 is 2.62 bits per heavy atom. The molecule has 0 saturated carbocycles. The van der Waals surface area contributed by atoms with E-state index in [1.165, 1.54) is 16.9 Å². The molecule has 1 aromatic carbocycles. The molecule has 3 N–H and O–H groups in total. The minimum absolute atomic E-state index is 0.00200. The van der Waals surface area contributed by atoms with Gasteiger partial charge in [0.1, 0.15) is 4.83 Å². The first-order chi connectivity index (χ1) is 11.7. The summed E-state index contributed by atoms with van der Waals surface area (Å²) < 4.78 is 1.68. The fourth-order valence-corrected chi connectivity index (χ4v) is 3.71. The summed E-state index contributed by atoms with van der Waals surface area (Å²) in [4.78, 5) is 18.4. The highest BCUT2D eigenvalue weighted by Gasteiger charge is 2.16. The van der Waals surface area contributed by atoms with Crippen LogP contribution in [-0.2, 0) is 13.0 Å². The molecule has 0 amide bonds. The van der Waals surface area contributed by atoms with Crippen LogP contribution in [-0.4, -0.2) is 22.6 Å². The topological polar surface area (TPSA) is 72.9 Å². The Labute approximate surface area is 145 Å². The van der Waals surface area contributed by atoms with E-state index in [0.29, 0.717) is 31.0 Å². The van der Waals surface area contributed by atoms with Crippen LogP contribution in [0.25, 0.3) is 21.3 Å². The van der Waals surface area contributed by atoms with Crippen LogP contribution in [0.1, 0.15) is 19.4 Å². The molecule has 0 saturated heterocycles. The van der Waals surface area contributed by atoms with E-state index in [1.807, 2.05) is 12.3 Å². The number of rotatable bonds is 6. The first kappa shape index (κ1) is 16.7. The number of anilines is 1. The molecule has 0 aliphatic rings. The van der Waals surface area contributed by atoms with Gasteiger partial charge in [0.2, 0.25) is 5.95 Å². The van der Waals surface area contributed by atoms with Crippen molar-refractivity contribution in [3.8, 4) is 11.1 Å². The SMILES string of the molecule is CCc1ccc(-c2csc3nc(NCCN)n(CC)c(=O)c23)cc1. The van der Waals surface area contributed by atoms with Crippen LogP contribution in [0, 0.1) is 0 Å². The molecule has 2 heterocycles. The van der Waals surface area contributed by atoms with Crippen LogP contribution in [0.15, 0.2) is 34.4 Å². The van der Waals surface area contributed by atoms with E-state index < -0.39 is 0 Å². The Balaban J connectivity index is 2.15. The Morgan fingerprint density at radius 1 is 1.25 bits per heavy atom. The fraction of sp³-hybridized carbons (Fsp3) is 0.333. The quantitative estimate of drug-likeness (QED) is 0.722. The van der Waals surface area contributed by atoms with Crippen molar-refractivity contribution in [2.75, 3.05) is 18.4 Å². The molecule has 0 radical (unpaired) electrons. The third-order valence-corrected chi connectivity index (χ3v) is 4.98. The van der Waals surface area contributed by atoms with Gasteiger partial charge in [-0.1, -0.05) is 31.2 Å². The molecule has 0 fully saturated rings. The molecule has 2 aromatic heterocycles. The van der Waals surface area contributed by atoms with Crippen LogP contribution in [0.4, 0.5) is 5.95 Å². The molecule has 3 aromatic rings. The zero-order chi connectivity index (χ0) is 17.1. The van der Waals surface area contributed by atoms with Crippen molar-refractivity contribution < 1.29 is 0 Å². The van der Waals surface area contributed by atoms with E-state index >= 15 is 0 Å². The first-order valence-electron chi connectivity index (χ1n) is 8.24. The number of hydrogen-bond acceptors (Lipinski definition) is 5. The molecule has 6 heteroatoms. The second kappa shape index (κ2) is 7.15. The minimum atomic E-state index is -0.00200. The zero-order valence-corrected chi connectivity index (χ0v) is 14.8. The van der Waals surface area contributed by atoms with Crippen molar-refractivity contribution in [1.29, 1.82) is 0 Å². The van der Waals surface area contributed by atoms with Gasteiger partial charge in [0.25, 0.3) is 5.56 Å². The molecule has 0 aliphatic heterocycles. The van der Waals surface area contributed by atoms with Gasteiger partial charge in [-0.25, -0.2) is 4.98 Å². The normalized spacial score (nSPS) is 11.1. The van der Waals surface area contributed by atoms with E-state index in [9.17, 15) is 4.79 Å². The summed E-state index contributed by atoms with van der Waals surface area (Å²) in [6.07, 6.45) is 1.00. The van der Waals surface area contributed by atoms with Crippen LogP contribution in [0.2, 0.25) is 0 Å². The smallest absolute Gasteiger partial charge is 0.264 e. The van der Waals surface area contributed by atoms with Crippen molar-refractivity contribution in [1.82, 2.24) is 9.55 Å². The van der Waals surface area contributed by atoms with Gasteiger partial charge in [-0.2, -0.15) is 0 Å². The first-order valence-corrected chi connectivity index (χ1v) is 9.12. The monoisotopic (exact) mass is 342 g/mol. The van der Waals surface area contributed by atoms with Gasteiger partial charge in [0.05, 0.1) is 5.39 Å². The highest BCUT2D eigenvalue weighted by molar-refractivity contribution is 7.17. The lowest BCUT2D eigenvalue weighted by molar-refractivity contribution is 0.722. The number of fused-ring (bicyclic) bond motifs is 1. The molecule has 0 bridgehead atoms. The van der Waals surface area contributed by atoms with Gasteiger partial charge in [0.15, 0.2) is 0 Å². The lowest BCUT2D eigenvalue weighted by Gasteiger charge is -2.12. The van der Waals surface area contributed by atoms with Gasteiger partial charge in [0, 0.05) is 30.6 Å². The standard InChI is InChI=1S/C18H22N4OS/c1-3-12-5-7-13(8-6-12)14-11-24-16-15(14)17(23)22(4-2)18(21-16)20-10-9-19/h5-8,11H,3-4,9-10,19H2,1-2H3,(H,20,21). The molecule has 0 aliphatic carbocycles. The van der Waals surface area contributed by atoms with Gasteiger partial charge in [-0.15, -0.1) is 11.3 Å². The summed E-state index contributed by atoms with van der Waals surface area (Å²) in [6, 6.07) is 8.39. The van der Waals surface area contributed by atoms with Crippen molar-refractivity contribution in [3.05, 3.63) is 45.6 Å². The van der Waals surface area contributed by atoms with E-state index in [-0.39, 0.29) is 5.56 Å². The van der Waals surface area contributed by atoms with Gasteiger partial charge < -0.3 is 11.1 Å². The van der Waals surface area contributed by atoms with E-state index in [0.717, 1.165) is 22.4 Å². The van der Waals surface area contributed by atoms with E-state index in [2.05, 4.69) is 41.5 Å². The number of benzene rings is 1. The maximum atomic E-state index is 13.0. The molecule has 0 spiro atoms.